The summed E-state index contributed by atoms with van der Waals surface area (Å²) in [5, 5.41) is 2.50. The van der Waals surface area contributed by atoms with E-state index in [1.165, 1.54) is 12.1 Å². The Kier molecular flexibility index (Phi) is 8.88. The quantitative estimate of drug-likeness (QED) is 0.535. The normalized spacial score (nSPS) is 13.2. The van der Waals surface area contributed by atoms with E-state index in [-0.39, 0.29) is 25.2 Å². The summed E-state index contributed by atoms with van der Waals surface area (Å²) in [6.45, 7) is 8.64. The molecule has 0 aliphatic carbocycles. The van der Waals surface area contributed by atoms with E-state index in [4.69, 9.17) is 9.47 Å². The summed E-state index contributed by atoms with van der Waals surface area (Å²) in [6.07, 6.45) is -2.50. The van der Waals surface area contributed by atoms with Crippen LogP contribution < -0.4 is 5.32 Å². The number of hydrogen-bond acceptors (Lipinski definition) is 6. The van der Waals surface area contributed by atoms with Gasteiger partial charge in [-0.1, -0.05) is 24.3 Å². The van der Waals surface area contributed by atoms with Crippen molar-refractivity contribution in [3.63, 3.8) is 0 Å². The zero-order valence-electron chi connectivity index (χ0n) is 16.9. The number of amides is 1. The second-order valence-corrected chi connectivity index (χ2v) is 7.01. The number of halogens is 1. The second kappa shape index (κ2) is 10.6. The molecule has 8 heteroatoms. The van der Waals surface area contributed by atoms with Gasteiger partial charge in [-0.15, -0.1) is 0 Å². The van der Waals surface area contributed by atoms with Gasteiger partial charge in [-0.3, -0.25) is 0 Å². The van der Waals surface area contributed by atoms with Gasteiger partial charge in [0.2, 0.25) is 6.17 Å². The van der Waals surface area contributed by atoms with Crippen LogP contribution in [0.1, 0.15) is 51.9 Å². The average Bonchev–Trinajstić information content (AvgIpc) is 2.60. The SMILES string of the molecule is CCOC(=O)C(F)c1ccc(C[C@H](NC(=O)OC(C)(C)C)C(=O)OCC)cc1. The Balaban J connectivity index is 2.86. The number of nitrogens with one attached hydrogen (secondary N) is 1. The smallest absolute Gasteiger partial charge is 0.408 e. The van der Waals surface area contributed by atoms with Crippen LogP contribution in [0.5, 0.6) is 0 Å². The van der Waals surface area contributed by atoms with E-state index in [2.05, 4.69) is 10.1 Å². The van der Waals surface area contributed by atoms with Gasteiger partial charge in [-0.05, 0) is 45.7 Å². The summed E-state index contributed by atoms with van der Waals surface area (Å²) in [4.78, 5) is 35.7. The predicted octanol–water partition coefficient (Wildman–Crippen LogP) is 3.26. The first-order valence-corrected chi connectivity index (χ1v) is 9.13. The summed E-state index contributed by atoms with van der Waals surface area (Å²) >= 11 is 0. The number of esters is 2. The van der Waals surface area contributed by atoms with Gasteiger partial charge < -0.3 is 19.5 Å². The summed E-state index contributed by atoms with van der Waals surface area (Å²) in [7, 11) is 0. The molecule has 0 saturated carbocycles. The van der Waals surface area contributed by atoms with Gasteiger partial charge in [0.1, 0.15) is 11.6 Å². The molecule has 0 aliphatic heterocycles. The number of rotatable bonds is 8. The summed E-state index contributed by atoms with van der Waals surface area (Å²) in [6, 6.07) is 5.06. The first-order chi connectivity index (χ1) is 13.1. The molecule has 1 amide bonds. The van der Waals surface area contributed by atoms with E-state index in [0.717, 1.165) is 0 Å². The minimum atomic E-state index is -1.88. The van der Waals surface area contributed by atoms with Crippen LogP contribution in [0.2, 0.25) is 0 Å². The molecule has 0 fully saturated rings. The number of ether oxygens (including phenoxy) is 3. The lowest BCUT2D eigenvalue weighted by molar-refractivity contribution is -0.149. The second-order valence-electron chi connectivity index (χ2n) is 7.01. The molecule has 156 valence electrons. The van der Waals surface area contributed by atoms with Crippen LogP contribution in [-0.4, -0.2) is 42.9 Å². The Bertz CT molecular complexity index is 668. The van der Waals surface area contributed by atoms with Crippen LogP contribution in [0.15, 0.2) is 24.3 Å². The molecular formula is C20H28FNO6. The number of carbonyl (C=O) groups excluding carboxylic acids is 3. The Morgan fingerprint density at radius 3 is 2.04 bits per heavy atom. The van der Waals surface area contributed by atoms with Gasteiger partial charge in [-0.2, -0.15) is 0 Å². The summed E-state index contributed by atoms with van der Waals surface area (Å²) in [5.74, 6) is -1.56. The Hall–Kier alpha value is -2.64. The molecule has 0 radical (unpaired) electrons. The maximum absolute atomic E-state index is 14.0. The van der Waals surface area contributed by atoms with E-state index in [1.807, 2.05) is 0 Å². The van der Waals surface area contributed by atoms with E-state index in [9.17, 15) is 18.8 Å². The summed E-state index contributed by atoms with van der Waals surface area (Å²) < 4.78 is 28.9. The third kappa shape index (κ3) is 7.94. The largest absolute Gasteiger partial charge is 0.464 e. The highest BCUT2D eigenvalue weighted by atomic mass is 19.1. The molecule has 0 heterocycles. The standard InChI is InChI=1S/C20H28FNO6/c1-6-26-17(23)15(22-19(25)28-20(3,4)5)12-13-8-10-14(11-9-13)16(21)18(24)27-7-2/h8-11,15-16H,6-7,12H2,1-5H3,(H,22,25)/t15-,16?/m0/s1. The molecule has 0 saturated heterocycles. The number of carbonyl (C=O) groups is 3. The molecule has 1 aromatic rings. The monoisotopic (exact) mass is 397 g/mol. The lowest BCUT2D eigenvalue weighted by Gasteiger charge is -2.23. The molecule has 1 aromatic carbocycles. The molecule has 0 aliphatic rings. The molecule has 0 spiro atoms. The van der Waals surface area contributed by atoms with Gasteiger partial charge in [0.05, 0.1) is 13.2 Å². The highest BCUT2D eigenvalue weighted by molar-refractivity contribution is 5.81. The van der Waals surface area contributed by atoms with Crippen LogP contribution in [0.25, 0.3) is 0 Å². The molecule has 1 unspecified atom stereocenters. The predicted molar refractivity (Wildman–Crippen MR) is 100 cm³/mol. The van der Waals surface area contributed by atoms with E-state index >= 15 is 0 Å². The van der Waals surface area contributed by atoms with Gasteiger partial charge in [0.15, 0.2) is 0 Å². The number of alkyl carbamates (subject to hydrolysis) is 1. The van der Waals surface area contributed by atoms with Gasteiger partial charge in [0, 0.05) is 6.42 Å². The van der Waals surface area contributed by atoms with Crippen molar-refractivity contribution in [3.05, 3.63) is 35.4 Å². The molecular weight excluding hydrogens is 369 g/mol. The van der Waals surface area contributed by atoms with Crippen LogP contribution in [-0.2, 0) is 30.2 Å². The van der Waals surface area contributed by atoms with Crippen molar-refractivity contribution in [2.45, 2.75) is 58.9 Å². The molecule has 2 atom stereocenters. The van der Waals surface area contributed by atoms with Crippen molar-refractivity contribution in [2.75, 3.05) is 13.2 Å². The number of benzene rings is 1. The molecule has 0 bridgehead atoms. The number of alkyl halides is 1. The fourth-order valence-corrected chi connectivity index (χ4v) is 2.30. The van der Waals surface area contributed by atoms with E-state index in [1.54, 1.807) is 46.8 Å². The maximum atomic E-state index is 14.0. The van der Waals surface area contributed by atoms with Crippen LogP contribution in [0.4, 0.5) is 9.18 Å². The summed E-state index contributed by atoms with van der Waals surface area (Å²) in [5.41, 5.74) is 0.0812. The first-order valence-electron chi connectivity index (χ1n) is 9.13. The van der Waals surface area contributed by atoms with E-state index in [0.29, 0.717) is 5.56 Å². The third-order valence-corrected chi connectivity index (χ3v) is 3.47. The third-order valence-electron chi connectivity index (χ3n) is 3.47. The van der Waals surface area contributed by atoms with Gasteiger partial charge in [0.25, 0.3) is 0 Å². The molecule has 0 aromatic heterocycles. The fraction of sp³-hybridized carbons (Fsp3) is 0.550. The van der Waals surface area contributed by atoms with Crippen molar-refractivity contribution in [3.8, 4) is 0 Å². The fourth-order valence-electron chi connectivity index (χ4n) is 2.30. The van der Waals surface area contributed by atoms with Crippen molar-refractivity contribution < 1.29 is 33.0 Å². The van der Waals surface area contributed by atoms with Crippen molar-refractivity contribution in [1.29, 1.82) is 0 Å². The van der Waals surface area contributed by atoms with Gasteiger partial charge >= 0.3 is 18.0 Å². The molecule has 28 heavy (non-hydrogen) atoms. The lowest BCUT2D eigenvalue weighted by Crippen LogP contribution is -2.45. The Morgan fingerprint density at radius 1 is 1.00 bits per heavy atom. The van der Waals surface area contributed by atoms with E-state index < -0.39 is 35.8 Å². The first kappa shape index (κ1) is 23.4. The minimum Gasteiger partial charge on any atom is -0.464 e. The zero-order chi connectivity index (χ0) is 21.3. The highest BCUT2D eigenvalue weighted by Crippen LogP contribution is 2.20. The number of hydrogen-bond donors (Lipinski definition) is 1. The zero-order valence-corrected chi connectivity index (χ0v) is 16.9. The van der Waals surface area contributed by atoms with Crippen LogP contribution in [0, 0.1) is 0 Å². The topological polar surface area (TPSA) is 90.9 Å². The highest BCUT2D eigenvalue weighted by Gasteiger charge is 2.26. The maximum Gasteiger partial charge on any atom is 0.408 e. The molecule has 1 rings (SSSR count). The lowest BCUT2D eigenvalue weighted by atomic mass is 10.0. The average molecular weight is 397 g/mol. The Labute approximate surface area is 164 Å². The molecule has 1 N–H and O–H groups in total. The van der Waals surface area contributed by atoms with Crippen LogP contribution in [0.3, 0.4) is 0 Å². The van der Waals surface area contributed by atoms with Crippen molar-refractivity contribution >= 4 is 18.0 Å². The van der Waals surface area contributed by atoms with Gasteiger partial charge in [-0.25, -0.2) is 18.8 Å². The van der Waals surface area contributed by atoms with Crippen LogP contribution >= 0.6 is 0 Å². The minimum absolute atomic E-state index is 0.0922. The van der Waals surface area contributed by atoms with Crippen molar-refractivity contribution in [2.24, 2.45) is 0 Å². The molecule has 7 nitrogen and oxygen atoms in total. The van der Waals surface area contributed by atoms with Crippen molar-refractivity contribution in [1.82, 2.24) is 5.32 Å². The Morgan fingerprint density at radius 2 is 1.54 bits per heavy atom.